The number of carbonyl (C=O) groups excluding carboxylic acids is 1. The average molecular weight is 258 g/mol. The highest BCUT2D eigenvalue weighted by Crippen LogP contribution is 2.17. The van der Waals surface area contributed by atoms with Gasteiger partial charge >= 0.3 is 0 Å². The summed E-state index contributed by atoms with van der Waals surface area (Å²) in [6.07, 6.45) is 2.66. The molecule has 0 spiro atoms. The second kappa shape index (κ2) is 5.69. The van der Waals surface area contributed by atoms with Crippen LogP contribution in [0.2, 0.25) is 0 Å². The quantitative estimate of drug-likeness (QED) is 0.844. The molecule has 0 saturated carbocycles. The molecule has 0 unspecified atom stereocenters. The van der Waals surface area contributed by atoms with Crippen molar-refractivity contribution in [1.29, 1.82) is 0 Å². The van der Waals surface area contributed by atoms with E-state index in [4.69, 9.17) is 4.74 Å². The molecule has 0 aliphatic carbocycles. The van der Waals surface area contributed by atoms with E-state index >= 15 is 0 Å². The number of nitrogens with zero attached hydrogens (tertiary/aromatic N) is 1. The van der Waals surface area contributed by atoms with Crippen LogP contribution in [0.4, 0.5) is 0 Å². The summed E-state index contributed by atoms with van der Waals surface area (Å²) in [7, 11) is 0. The van der Waals surface area contributed by atoms with E-state index in [1.165, 1.54) is 0 Å². The van der Waals surface area contributed by atoms with Gasteiger partial charge in [0.05, 0.1) is 6.10 Å². The zero-order chi connectivity index (χ0) is 13.8. The first-order chi connectivity index (χ1) is 9.08. The minimum Gasteiger partial charge on any atom is -0.491 e. The fourth-order valence-corrected chi connectivity index (χ4v) is 1.76. The molecule has 0 radical (unpaired) electrons. The van der Waals surface area contributed by atoms with Crippen molar-refractivity contribution >= 4 is 17.8 Å². The third-order valence-corrected chi connectivity index (χ3v) is 2.64. The molecular formula is C15H18N2O2. The lowest BCUT2D eigenvalue weighted by atomic mass is 10.2. The molecule has 1 amide bonds. The molecule has 4 heteroatoms. The molecule has 2 rings (SSSR count). The van der Waals surface area contributed by atoms with Crippen LogP contribution >= 0.6 is 0 Å². The fourth-order valence-electron chi connectivity index (χ4n) is 1.76. The molecule has 0 bridgehead atoms. The smallest absolute Gasteiger partial charge is 0.275 e. The van der Waals surface area contributed by atoms with Crippen LogP contribution in [-0.4, -0.2) is 17.8 Å². The molecule has 1 N–H and O–H groups in total. The van der Waals surface area contributed by atoms with Crippen molar-refractivity contribution in [2.75, 3.05) is 0 Å². The number of nitrogens with one attached hydrogen (secondary N) is 1. The van der Waals surface area contributed by atoms with E-state index < -0.39 is 0 Å². The van der Waals surface area contributed by atoms with E-state index in [1.807, 2.05) is 45.0 Å². The predicted octanol–water partition coefficient (Wildman–Crippen LogP) is 2.75. The van der Waals surface area contributed by atoms with Crippen molar-refractivity contribution in [2.24, 2.45) is 4.99 Å². The summed E-state index contributed by atoms with van der Waals surface area (Å²) in [5, 5.41) is 2.73. The summed E-state index contributed by atoms with van der Waals surface area (Å²) in [5.41, 5.74) is 1.39. The molecule has 0 aromatic heterocycles. The Labute approximate surface area is 113 Å². The maximum Gasteiger partial charge on any atom is 0.275 e. The highest BCUT2D eigenvalue weighted by molar-refractivity contribution is 6.14. The number of benzene rings is 1. The summed E-state index contributed by atoms with van der Waals surface area (Å²) in [6, 6.07) is 7.61. The van der Waals surface area contributed by atoms with Gasteiger partial charge in [0, 0.05) is 6.42 Å². The number of ether oxygens (including phenoxy) is 1. The van der Waals surface area contributed by atoms with Gasteiger partial charge in [0.2, 0.25) is 0 Å². The topological polar surface area (TPSA) is 50.7 Å². The number of hydrogen-bond acceptors (Lipinski definition) is 3. The first kappa shape index (κ1) is 13.3. The Balaban J connectivity index is 2.15. The highest BCUT2D eigenvalue weighted by Gasteiger charge is 2.18. The Kier molecular flexibility index (Phi) is 4.00. The molecule has 100 valence electrons. The van der Waals surface area contributed by atoms with Crippen LogP contribution in [-0.2, 0) is 4.79 Å². The van der Waals surface area contributed by atoms with Crippen molar-refractivity contribution in [1.82, 2.24) is 5.32 Å². The standard InChI is InChI=1S/C15H18N2O2/c1-4-14-16-13(15(18)17-14)9-11-5-7-12(8-6-11)19-10(2)3/h5-10H,4H2,1-3H3,(H,16,17,18)/b13-9+. The molecule has 1 aliphatic heterocycles. The third-order valence-electron chi connectivity index (χ3n) is 2.64. The van der Waals surface area contributed by atoms with Crippen molar-refractivity contribution in [3.05, 3.63) is 35.5 Å². The average Bonchev–Trinajstić information content (AvgIpc) is 2.72. The molecule has 0 saturated heterocycles. The molecule has 4 nitrogen and oxygen atoms in total. The summed E-state index contributed by atoms with van der Waals surface area (Å²) in [6.45, 7) is 5.93. The summed E-state index contributed by atoms with van der Waals surface area (Å²) in [5.74, 6) is 1.40. The SMILES string of the molecule is CCC1=N/C(=C/c2ccc(OC(C)C)cc2)C(=O)N1. The van der Waals surface area contributed by atoms with Crippen molar-refractivity contribution in [2.45, 2.75) is 33.3 Å². The monoisotopic (exact) mass is 258 g/mol. The molecule has 1 heterocycles. The van der Waals surface area contributed by atoms with Gasteiger partial charge in [-0.3, -0.25) is 4.79 Å². The molecule has 1 aliphatic rings. The Morgan fingerprint density at radius 2 is 2.00 bits per heavy atom. The zero-order valence-electron chi connectivity index (χ0n) is 11.4. The number of aliphatic imine (C=N–C) groups is 1. The summed E-state index contributed by atoms with van der Waals surface area (Å²) < 4.78 is 5.57. The van der Waals surface area contributed by atoms with Crippen LogP contribution < -0.4 is 10.1 Å². The van der Waals surface area contributed by atoms with Gasteiger partial charge in [0.1, 0.15) is 17.3 Å². The van der Waals surface area contributed by atoms with Gasteiger partial charge in [-0.1, -0.05) is 19.1 Å². The van der Waals surface area contributed by atoms with Gasteiger partial charge in [0.15, 0.2) is 0 Å². The third kappa shape index (κ3) is 3.44. The van der Waals surface area contributed by atoms with Crippen molar-refractivity contribution in [3.63, 3.8) is 0 Å². The van der Waals surface area contributed by atoms with Crippen LogP contribution in [0.5, 0.6) is 5.75 Å². The van der Waals surface area contributed by atoms with Crippen LogP contribution in [0, 0.1) is 0 Å². The van der Waals surface area contributed by atoms with Gasteiger partial charge < -0.3 is 10.1 Å². The Bertz CT molecular complexity index is 528. The maximum atomic E-state index is 11.6. The van der Waals surface area contributed by atoms with E-state index in [1.54, 1.807) is 6.08 Å². The highest BCUT2D eigenvalue weighted by atomic mass is 16.5. The van der Waals surface area contributed by atoms with Crippen LogP contribution in [0.3, 0.4) is 0 Å². The molecule has 1 aromatic carbocycles. The Morgan fingerprint density at radius 3 is 2.53 bits per heavy atom. The lowest BCUT2D eigenvalue weighted by molar-refractivity contribution is -0.115. The number of amidine groups is 1. The Hall–Kier alpha value is -2.10. The largest absolute Gasteiger partial charge is 0.491 e. The van der Waals surface area contributed by atoms with Gasteiger partial charge in [-0.15, -0.1) is 0 Å². The van der Waals surface area contributed by atoms with Gasteiger partial charge in [-0.25, -0.2) is 4.99 Å². The zero-order valence-corrected chi connectivity index (χ0v) is 11.4. The number of hydrogen-bond donors (Lipinski definition) is 1. The predicted molar refractivity (Wildman–Crippen MR) is 76.1 cm³/mol. The lowest BCUT2D eigenvalue weighted by Gasteiger charge is -2.09. The van der Waals surface area contributed by atoms with Crippen LogP contribution in [0.25, 0.3) is 6.08 Å². The fraction of sp³-hybridized carbons (Fsp3) is 0.333. The minimum atomic E-state index is -0.139. The first-order valence-electron chi connectivity index (χ1n) is 6.46. The van der Waals surface area contributed by atoms with Gasteiger partial charge in [-0.05, 0) is 37.6 Å². The second-order valence-electron chi connectivity index (χ2n) is 4.63. The van der Waals surface area contributed by atoms with E-state index in [0.717, 1.165) is 23.6 Å². The minimum absolute atomic E-state index is 0.139. The van der Waals surface area contributed by atoms with E-state index in [0.29, 0.717) is 5.70 Å². The second-order valence-corrected chi connectivity index (χ2v) is 4.63. The van der Waals surface area contributed by atoms with Crippen LogP contribution in [0.1, 0.15) is 32.8 Å². The van der Waals surface area contributed by atoms with Crippen LogP contribution in [0.15, 0.2) is 35.0 Å². The van der Waals surface area contributed by atoms with Crippen molar-refractivity contribution < 1.29 is 9.53 Å². The van der Waals surface area contributed by atoms with E-state index in [-0.39, 0.29) is 12.0 Å². The van der Waals surface area contributed by atoms with Crippen molar-refractivity contribution in [3.8, 4) is 5.75 Å². The normalized spacial score (nSPS) is 16.7. The Morgan fingerprint density at radius 1 is 1.32 bits per heavy atom. The van der Waals surface area contributed by atoms with E-state index in [2.05, 4.69) is 10.3 Å². The first-order valence-corrected chi connectivity index (χ1v) is 6.46. The van der Waals surface area contributed by atoms with E-state index in [9.17, 15) is 4.79 Å². The maximum absolute atomic E-state index is 11.6. The molecular weight excluding hydrogens is 240 g/mol. The van der Waals surface area contributed by atoms with Gasteiger partial charge in [0.25, 0.3) is 5.91 Å². The number of amides is 1. The molecule has 19 heavy (non-hydrogen) atoms. The molecule has 0 fully saturated rings. The number of carbonyl (C=O) groups is 1. The summed E-state index contributed by atoms with van der Waals surface area (Å²) in [4.78, 5) is 15.9. The molecule has 1 aromatic rings. The van der Waals surface area contributed by atoms with Gasteiger partial charge in [-0.2, -0.15) is 0 Å². The summed E-state index contributed by atoms with van der Waals surface area (Å²) >= 11 is 0. The molecule has 0 atom stereocenters. The lowest BCUT2D eigenvalue weighted by Crippen LogP contribution is -2.22. The number of rotatable bonds is 4.